The van der Waals surface area contributed by atoms with Crippen molar-refractivity contribution in [3.63, 3.8) is 0 Å². The van der Waals surface area contributed by atoms with Crippen molar-refractivity contribution in [1.82, 2.24) is 10.2 Å². The van der Waals surface area contributed by atoms with Crippen molar-refractivity contribution in [3.8, 4) is 11.5 Å². The molecule has 6 heteroatoms. The van der Waals surface area contributed by atoms with Gasteiger partial charge in [0.1, 0.15) is 17.5 Å². The number of carbonyl (C=O) groups is 2. The number of benzene rings is 2. The number of methoxy groups -OCH3 is 1. The van der Waals surface area contributed by atoms with Gasteiger partial charge < -0.3 is 19.7 Å². The van der Waals surface area contributed by atoms with Crippen LogP contribution in [0.1, 0.15) is 43.7 Å². The second-order valence-corrected chi connectivity index (χ2v) is 8.14. The summed E-state index contributed by atoms with van der Waals surface area (Å²) in [5.74, 6) is 0.952. The van der Waals surface area contributed by atoms with Gasteiger partial charge in [-0.15, -0.1) is 0 Å². The van der Waals surface area contributed by atoms with Crippen molar-refractivity contribution in [2.24, 2.45) is 0 Å². The van der Waals surface area contributed by atoms with E-state index in [0.717, 1.165) is 42.6 Å². The van der Waals surface area contributed by atoms with E-state index in [1.165, 1.54) is 0 Å². The summed E-state index contributed by atoms with van der Waals surface area (Å²) in [6, 6.07) is 14.7. The Morgan fingerprint density at radius 1 is 1.10 bits per heavy atom. The molecule has 2 amide bonds. The maximum absolute atomic E-state index is 13.1. The minimum Gasteiger partial charge on any atom is -0.497 e. The van der Waals surface area contributed by atoms with E-state index in [2.05, 4.69) is 5.32 Å². The Bertz CT molecular complexity index is 875. The summed E-state index contributed by atoms with van der Waals surface area (Å²) in [6.45, 7) is 4.01. The van der Waals surface area contributed by atoms with E-state index in [4.69, 9.17) is 9.47 Å². The summed E-state index contributed by atoms with van der Waals surface area (Å²) in [7, 11) is 1.60. The first-order valence-electron chi connectivity index (χ1n) is 10.9. The Labute approximate surface area is 184 Å². The number of ether oxygens (including phenoxy) is 2. The van der Waals surface area contributed by atoms with E-state index in [1.807, 2.05) is 31.2 Å². The lowest BCUT2D eigenvalue weighted by Gasteiger charge is -2.29. The molecular formula is C25H32N2O4. The second-order valence-electron chi connectivity index (χ2n) is 8.14. The van der Waals surface area contributed by atoms with Gasteiger partial charge in [0, 0.05) is 12.6 Å². The van der Waals surface area contributed by atoms with Crippen molar-refractivity contribution in [2.75, 3.05) is 13.7 Å². The number of amides is 2. The lowest BCUT2D eigenvalue weighted by molar-refractivity contribution is -0.142. The molecule has 166 valence electrons. The normalized spacial score (nSPS) is 14.7. The van der Waals surface area contributed by atoms with Gasteiger partial charge in [-0.3, -0.25) is 9.59 Å². The second kappa shape index (κ2) is 10.8. The zero-order valence-electron chi connectivity index (χ0n) is 18.6. The van der Waals surface area contributed by atoms with E-state index in [1.54, 1.807) is 43.2 Å². The fourth-order valence-electron chi connectivity index (χ4n) is 3.88. The van der Waals surface area contributed by atoms with Gasteiger partial charge in [-0.25, -0.2) is 0 Å². The van der Waals surface area contributed by atoms with Crippen LogP contribution >= 0.6 is 0 Å². The maximum Gasteiger partial charge on any atom is 0.261 e. The molecule has 0 bridgehead atoms. The number of nitrogens with one attached hydrogen (secondary N) is 1. The number of aryl methyl sites for hydroxylation is 1. The average molecular weight is 425 g/mol. The third-order valence-corrected chi connectivity index (χ3v) is 5.73. The van der Waals surface area contributed by atoms with Crippen LogP contribution in [0.3, 0.4) is 0 Å². The molecule has 1 N–H and O–H groups in total. The average Bonchev–Trinajstić information content (AvgIpc) is 3.28. The van der Waals surface area contributed by atoms with Crippen molar-refractivity contribution in [2.45, 2.75) is 58.2 Å². The summed E-state index contributed by atoms with van der Waals surface area (Å²) in [4.78, 5) is 27.6. The van der Waals surface area contributed by atoms with Crippen LogP contribution in [0.25, 0.3) is 0 Å². The molecule has 0 unspecified atom stereocenters. The van der Waals surface area contributed by atoms with Crippen molar-refractivity contribution >= 4 is 11.8 Å². The molecule has 0 aliphatic heterocycles. The monoisotopic (exact) mass is 424 g/mol. The number of nitrogens with zero attached hydrogens (tertiary/aromatic N) is 1. The SMILES string of the molecule is COc1ccc(OCC(=O)N(Cc2cccc(C)c2)[C@@H](C)C(=O)NC2CCCC2)cc1. The van der Waals surface area contributed by atoms with Crippen LogP contribution in [-0.2, 0) is 16.1 Å². The predicted molar refractivity (Wildman–Crippen MR) is 120 cm³/mol. The Morgan fingerprint density at radius 3 is 2.42 bits per heavy atom. The van der Waals surface area contributed by atoms with E-state index in [0.29, 0.717) is 12.3 Å². The predicted octanol–water partition coefficient (Wildman–Crippen LogP) is 3.86. The quantitative estimate of drug-likeness (QED) is 0.664. The van der Waals surface area contributed by atoms with Crippen LogP contribution in [0.15, 0.2) is 48.5 Å². The standard InChI is InChI=1S/C25H32N2O4/c1-18-7-6-8-20(15-18)16-27(19(2)25(29)26-21-9-4-5-10-21)24(28)17-31-23-13-11-22(30-3)12-14-23/h6-8,11-15,19,21H,4-5,9-10,16-17H2,1-3H3,(H,26,29)/t19-/m0/s1. The van der Waals surface area contributed by atoms with E-state index in [9.17, 15) is 9.59 Å². The summed E-state index contributed by atoms with van der Waals surface area (Å²) >= 11 is 0. The Balaban J connectivity index is 1.69. The van der Waals surface area contributed by atoms with Gasteiger partial charge in [0.05, 0.1) is 7.11 Å². The van der Waals surface area contributed by atoms with Crippen LogP contribution in [0.4, 0.5) is 0 Å². The highest BCUT2D eigenvalue weighted by atomic mass is 16.5. The van der Waals surface area contributed by atoms with E-state index in [-0.39, 0.29) is 24.5 Å². The molecule has 0 radical (unpaired) electrons. The minimum absolute atomic E-state index is 0.114. The van der Waals surface area contributed by atoms with Crippen molar-refractivity contribution in [3.05, 3.63) is 59.7 Å². The highest BCUT2D eigenvalue weighted by molar-refractivity contribution is 5.88. The molecule has 1 saturated carbocycles. The molecule has 1 fully saturated rings. The van der Waals surface area contributed by atoms with Gasteiger partial charge >= 0.3 is 0 Å². The molecule has 0 spiro atoms. The van der Waals surface area contributed by atoms with Gasteiger partial charge in [-0.2, -0.15) is 0 Å². The molecule has 1 aliphatic rings. The van der Waals surface area contributed by atoms with E-state index >= 15 is 0 Å². The highest BCUT2D eigenvalue weighted by Gasteiger charge is 2.28. The van der Waals surface area contributed by atoms with Crippen LogP contribution in [0.2, 0.25) is 0 Å². The number of rotatable bonds is 9. The first kappa shape index (κ1) is 22.7. The third-order valence-electron chi connectivity index (χ3n) is 5.73. The largest absolute Gasteiger partial charge is 0.497 e. The molecule has 2 aromatic carbocycles. The number of hydrogen-bond acceptors (Lipinski definition) is 4. The van der Waals surface area contributed by atoms with Crippen molar-refractivity contribution < 1.29 is 19.1 Å². The highest BCUT2D eigenvalue weighted by Crippen LogP contribution is 2.20. The molecular weight excluding hydrogens is 392 g/mol. The van der Waals surface area contributed by atoms with Crippen LogP contribution in [-0.4, -0.2) is 42.5 Å². The lowest BCUT2D eigenvalue weighted by Crippen LogP contribution is -2.50. The molecule has 0 heterocycles. The molecule has 31 heavy (non-hydrogen) atoms. The van der Waals surface area contributed by atoms with Crippen LogP contribution in [0.5, 0.6) is 11.5 Å². The smallest absolute Gasteiger partial charge is 0.261 e. The molecule has 1 aliphatic carbocycles. The Morgan fingerprint density at radius 2 is 1.77 bits per heavy atom. The van der Waals surface area contributed by atoms with Crippen LogP contribution in [0, 0.1) is 6.92 Å². The fraction of sp³-hybridized carbons (Fsp3) is 0.440. The van der Waals surface area contributed by atoms with Crippen molar-refractivity contribution in [1.29, 1.82) is 0 Å². The summed E-state index contributed by atoms with van der Waals surface area (Å²) in [5, 5.41) is 3.11. The lowest BCUT2D eigenvalue weighted by atomic mass is 10.1. The number of carbonyl (C=O) groups excluding carboxylic acids is 2. The molecule has 0 aromatic heterocycles. The Kier molecular flexibility index (Phi) is 7.93. The van der Waals surface area contributed by atoms with Gasteiger partial charge in [0.2, 0.25) is 5.91 Å². The van der Waals surface area contributed by atoms with E-state index < -0.39 is 6.04 Å². The van der Waals surface area contributed by atoms with Gasteiger partial charge in [-0.1, -0.05) is 42.7 Å². The molecule has 6 nitrogen and oxygen atoms in total. The summed E-state index contributed by atoms with van der Waals surface area (Å²) < 4.78 is 10.8. The number of hydrogen-bond donors (Lipinski definition) is 1. The topological polar surface area (TPSA) is 67.9 Å². The van der Waals surface area contributed by atoms with Gasteiger partial charge in [0.15, 0.2) is 6.61 Å². The molecule has 2 aromatic rings. The first-order chi connectivity index (χ1) is 15.0. The zero-order valence-corrected chi connectivity index (χ0v) is 18.6. The zero-order chi connectivity index (χ0) is 22.2. The third kappa shape index (κ3) is 6.48. The maximum atomic E-state index is 13.1. The molecule has 0 saturated heterocycles. The van der Waals surface area contributed by atoms with Gasteiger partial charge in [-0.05, 0) is 56.5 Å². The van der Waals surface area contributed by atoms with Crippen LogP contribution < -0.4 is 14.8 Å². The Hall–Kier alpha value is -3.02. The minimum atomic E-state index is -0.590. The molecule has 3 rings (SSSR count). The van der Waals surface area contributed by atoms with Gasteiger partial charge in [0.25, 0.3) is 5.91 Å². The summed E-state index contributed by atoms with van der Waals surface area (Å²) in [5.41, 5.74) is 2.10. The first-order valence-corrected chi connectivity index (χ1v) is 10.9. The molecule has 1 atom stereocenters. The fourth-order valence-corrected chi connectivity index (χ4v) is 3.88. The summed E-state index contributed by atoms with van der Waals surface area (Å²) in [6.07, 6.45) is 4.29.